The fraction of sp³-hybridized carbons (Fsp3) is 0.160. The molecule has 0 radical (unpaired) electrons. The van der Waals surface area contributed by atoms with Crippen LogP contribution in [-0.4, -0.2) is 53.0 Å². The molecule has 4 rings (SSSR count). The molecule has 0 fully saturated rings. The van der Waals surface area contributed by atoms with Gasteiger partial charge < -0.3 is 0 Å². The van der Waals surface area contributed by atoms with Crippen LogP contribution in [0.1, 0.15) is 10.4 Å². The molecule has 0 saturated heterocycles. The van der Waals surface area contributed by atoms with E-state index in [1.54, 1.807) is 29.2 Å². The first-order chi connectivity index (χ1) is 17.3. The number of thiazole rings is 1. The van der Waals surface area contributed by atoms with Crippen LogP contribution >= 0.6 is 11.3 Å². The van der Waals surface area contributed by atoms with Crippen molar-refractivity contribution in [1.29, 1.82) is 0 Å². The van der Waals surface area contributed by atoms with Crippen LogP contribution in [0, 0.1) is 5.82 Å². The Morgan fingerprint density at radius 3 is 2.47 bits per heavy atom. The molecule has 4 aromatic rings. The van der Waals surface area contributed by atoms with Crippen molar-refractivity contribution in [1.82, 2.24) is 19.1 Å². The molecule has 1 amide bonds. The maximum Gasteiger partial charge on any atom is 0.260 e. The summed E-state index contributed by atoms with van der Waals surface area (Å²) in [5.41, 5.74) is 0.873. The summed E-state index contributed by atoms with van der Waals surface area (Å²) in [5, 5.41) is 4.59. The van der Waals surface area contributed by atoms with Crippen LogP contribution in [0.4, 0.5) is 9.52 Å². The molecule has 2 aromatic carbocycles. The first-order valence-electron chi connectivity index (χ1n) is 11.0. The molecule has 36 heavy (non-hydrogen) atoms. The van der Waals surface area contributed by atoms with Gasteiger partial charge in [0.1, 0.15) is 5.82 Å². The van der Waals surface area contributed by atoms with Crippen LogP contribution in [0.2, 0.25) is 0 Å². The van der Waals surface area contributed by atoms with Gasteiger partial charge in [0.15, 0.2) is 5.13 Å². The fourth-order valence-electron chi connectivity index (χ4n) is 3.55. The van der Waals surface area contributed by atoms with E-state index in [1.165, 1.54) is 69.1 Å². The average Bonchev–Trinajstić information content (AvgIpc) is 3.53. The number of benzene rings is 2. The molecule has 0 spiro atoms. The number of carbonyl (C=O) groups is 1. The smallest absolute Gasteiger partial charge is 0.260 e. The van der Waals surface area contributed by atoms with Crippen LogP contribution in [0.3, 0.4) is 0 Å². The third-order valence-corrected chi connectivity index (χ3v) is 8.22. The summed E-state index contributed by atoms with van der Waals surface area (Å²) in [5.74, 6) is -0.745. The normalized spacial score (nSPS) is 11.6. The van der Waals surface area contributed by atoms with E-state index in [0.717, 1.165) is 0 Å². The molecule has 0 unspecified atom stereocenters. The summed E-state index contributed by atoms with van der Waals surface area (Å²) in [6.45, 7) is 8.15. The molecule has 0 bridgehead atoms. The van der Waals surface area contributed by atoms with Crippen molar-refractivity contribution in [2.45, 2.75) is 11.4 Å². The minimum absolute atomic E-state index is 0.0568. The summed E-state index contributed by atoms with van der Waals surface area (Å²) < 4.78 is 43.3. The van der Waals surface area contributed by atoms with Crippen molar-refractivity contribution in [3.05, 3.63) is 97.6 Å². The van der Waals surface area contributed by atoms with Crippen LogP contribution in [-0.2, 0) is 16.6 Å². The summed E-state index contributed by atoms with van der Waals surface area (Å²) in [4.78, 5) is 19.6. The number of aromatic nitrogens is 3. The number of halogens is 1. The molecular weight excluding hydrogens is 501 g/mol. The van der Waals surface area contributed by atoms with Gasteiger partial charge >= 0.3 is 0 Å². The summed E-state index contributed by atoms with van der Waals surface area (Å²) in [6.07, 6.45) is 6.43. The number of hydrogen-bond donors (Lipinski definition) is 0. The van der Waals surface area contributed by atoms with Crippen LogP contribution in [0.15, 0.2) is 91.1 Å². The van der Waals surface area contributed by atoms with Gasteiger partial charge in [-0.25, -0.2) is 17.8 Å². The lowest BCUT2D eigenvalue weighted by atomic mass is 10.2. The molecule has 11 heteroatoms. The SMILES string of the molecule is C=CCN(CC=C)S(=O)(=O)c1ccc(C(=O)N(CCn2cccn2)c2nc3ccc(F)cc3s2)cc1. The molecule has 2 aromatic heterocycles. The van der Waals surface area contributed by atoms with Gasteiger partial charge in [-0.15, -0.1) is 13.2 Å². The summed E-state index contributed by atoms with van der Waals surface area (Å²) >= 11 is 1.20. The second-order valence-corrected chi connectivity index (χ2v) is 10.7. The van der Waals surface area contributed by atoms with Gasteiger partial charge in [-0.05, 0) is 48.5 Å². The first-order valence-corrected chi connectivity index (χ1v) is 13.3. The number of hydrogen-bond acceptors (Lipinski definition) is 6. The lowest BCUT2D eigenvalue weighted by Gasteiger charge is -2.21. The zero-order valence-corrected chi connectivity index (χ0v) is 21.0. The van der Waals surface area contributed by atoms with Crippen molar-refractivity contribution in [3.63, 3.8) is 0 Å². The second kappa shape index (κ2) is 10.9. The Kier molecular flexibility index (Phi) is 7.73. The Morgan fingerprint density at radius 2 is 1.83 bits per heavy atom. The zero-order valence-electron chi connectivity index (χ0n) is 19.3. The minimum atomic E-state index is -3.79. The van der Waals surface area contributed by atoms with E-state index in [2.05, 4.69) is 23.2 Å². The van der Waals surface area contributed by atoms with Crippen LogP contribution in [0.5, 0.6) is 0 Å². The van der Waals surface area contributed by atoms with Crippen LogP contribution < -0.4 is 4.90 Å². The lowest BCUT2D eigenvalue weighted by Crippen LogP contribution is -2.34. The quantitative estimate of drug-likeness (QED) is 0.272. The van der Waals surface area contributed by atoms with Gasteiger partial charge in [-0.2, -0.15) is 9.40 Å². The van der Waals surface area contributed by atoms with E-state index in [0.29, 0.717) is 27.5 Å². The second-order valence-electron chi connectivity index (χ2n) is 7.76. The van der Waals surface area contributed by atoms with Gasteiger partial charge in [0.05, 0.1) is 21.7 Å². The van der Waals surface area contributed by atoms with E-state index in [9.17, 15) is 17.6 Å². The predicted octanol–water partition coefficient (Wildman–Crippen LogP) is 4.34. The monoisotopic (exact) mass is 525 g/mol. The number of fused-ring (bicyclic) bond motifs is 1. The highest BCUT2D eigenvalue weighted by Gasteiger charge is 2.25. The summed E-state index contributed by atoms with van der Waals surface area (Å²) in [7, 11) is -3.79. The van der Waals surface area contributed by atoms with Gasteiger partial charge in [0, 0.05) is 37.6 Å². The molecule has 8 nitrogen and oxygen atoms in total. The molecule has 2 heterocycles. The first kappa shape index (κ1) is 25.4. The predicted molar refractivity (Wildman–Crippen MR) is 139 cm³/mol. The standard InChI is InChI=1S/C25H24FN5O3S2/c1-3-13-30(14-4-2)36(33,34)21-9-6-19(7-10-21)24(32)31(17-16-29-15-5-12-27-29)25-28-22-11-8-20(26)18-23(22)35-25/h3-12,15,18H,1-2,13-14,16-17H2. The fourth-order valence-corrected chi connectivity index (χ4v) is 5.95. The van der Waals surface area contributed by atoms with Crippen molar-refractivity contribution >= 4 is 42.6 Å². The van der Waals surface area contributed by atoms with E-state index in [1.807, 2.05) is 0 Å². The van der Waals surface area contributed by atoms with Gasteiger partial charge in [-0.1, -0.05) is 23.5 Å². The van der Waals surface area contributed by atoms with Crippen molar-refractivity contribution < 1.29 is 17.6 Å². The highest BCUT2D eigenvalue weighted by atomic mass is 32.2. The molecule has 0 N–H and O–H groups in total. The maximum atomic E-state index is 13.7. The molecule has 0 atom stereocenters. The Hall–Kier alpha value is -3.67. The van der Waals surface area contributed by atoms with Crippen LogP contribution in [0.25, 0.3) is 10.2 Å². The Bertz CT molecular complexity index is 1470. The number of rotatable bonds is 11. The van der Waals surface area contributed by atoms with Crippen molar-refractivity contribution in [2.75, 3.05) is 24.5 Å². The number of amides is 1. The molecule has 0 aliphatic rings. The largest absolute Gasteiger partial charge is 0.282 e. The average molecular weight is 526 g/mol. The van der Waals surface area contributed by atoms with Gasteiger partial charge in [0.2, 0.25) is 10.0 Å². The van der Waals surface area contributed by atoms with E-state index in [4.69, 9.17) is 0 Å². The molecule has 186 valence electrons. The van der Waals surface area contributed by atoms with Crippen molar-refractivity contribution in [3.8, 4) is 0 Å². The number of nitrogens with zero attached hydrogens (tertiary/aromatic N) is 5. The zero-order chi connectivity index (χ0) is 25.7. The van der Waals surface area contributed by atoms with Crippen molar-refractivity contribution in [2.24, 2.45) is 0 Å². The minimum Gasteiger partial charge on any atom is -0.282 e. The maximum absolute atomic E-state index is 13.7. The third kappa shape index (κ3) is 5.43. The molecule has 0 aliphatic carbocycles. The third-order valence-electron chi connectivity index (χ3n) is 5.33. The highest BCUT2D eigenvalue weighted by Crippen LogP contribution is 2.30. The molecular formula is C25H24FN5O3S2. The number of carbonyl (C=O) groups excluding carboxylic acids is 1. The Balaban J connectivity index is 1.64. The van der Waals surface area contributed by atoms with E-state index < -0.39 is 10.0 Å². The molecule has 0 aliphatic heterocycles. The number of anilines is 1. The number of sulfonamides is 1. The lowest BCUT2D eigenvalue weighted by molar-refractivity contribution is 0.0985. The summed E-state index contributed by atoms with van der Waals surface area (Å²) in [6, 6.07) is 11.8. The Labute approximate surface area is 212 Å². The van der Waals surface area contributed by atoms with Gasteiger partial charge in [0.25, 0.3) is 5.91 Å². The van der Waals surface area contributed by atoms with Gasteiger partial charge in [-0.3, -0.25) is 14.4 Å². The molecule has 0 saturated carbocycles. The Morgan fingerprint density at radius 1 is 1.11 bits per heavy atom. The topological polar surface area (TPSA) is 88.4 Å². The highest BCUT2D eigenvalue weighted by molar-refractivity contribution is 7.89. The van der Waals surface area contributed by atoms with E-state index in [-0.39, 0.29) is 36.3 Å². The van der Waals surface area contributed by atoms with E-state index >= 15 is 0 Å².